The van der Waals surface area contributed by atoms with E-state index in [0.717, 1.165) is 6.42 Å². The normalized spacial score (nSPS) is 16.5. The monoisotopic (exact) mass is 320 g/mol. The Bertz CT molecular complexity index is 499. The third-order valence-corrected chi connectivity index (χ3v) is 4.22. The van der Waals surface area contributed by atoms with Gasteiger partial charge < -0.3 is 15.2 Å². The second kappa shape index (κ2) is 8.87. The lowest BCUT2D eigenvalue weighted by molar-refractivity contribution is 0.0900. The first-order chi connectivity index (χ1) is 11.1. The highest BCUT2D eigenvalue weighted by molar-refractivity contribution is 5.96. The Kier molecular flexibility index (Phi) is 6.84. The molecule has 1 unspecified atom stereocenters. The lowest BCUT2D eigenvalue weighted by atomic mass is 9.98. The van der Waals surface area contributed by atoms with E-state index in [2.05, 4.69) is 10.3 Å². The maximum Gasteiger partial charge on any atom is 0.257 e. The summed E-state index contributed by atoms with van der Waals surface area (Å²) in [7, 11) is 0. The molecule has 5 heteroatoms. The van der Waals surface area contributed by atoms with Crippen LogP contribution in [0.5, 0.6) is 5.88 Å². The number of amides is 1. The molecule has 2 N–H and O–H groups in total. The summed E-state index contributed by atoms with van der Waals surface area (Å²) in [6.45, 7) is 4.58. The Hall–Kier alpha value is -1.62. The zero-order valence-electron chi connectivity index (χ0n) is 14.1. The molecule has 5 nitrogen and oxygen atoms in total. The first kappa shape index (κ1) is 17.7. The van der Waals surface area contributed by atoms with Gasteiger partial charge in [-0.25, -0.2) is 4.98 Å². The van der Waals surface area contributed by atoms with Crippen LogP contribution in [0.15, 0.2) is 18.3 Å². The number of aliphatic hydroxyl groups excluding tert-OH is 1. The number of pyridine rings is 1. The number of aliphatic hydroxyl groups is 1. The molecule has 0 radical (unpaired) electrons. The molecule has 0 spiro atoms. The first-order valence-corrected chi connectivity index (χ1v) is 8.59. The minimum absolute atomic E-state index is 0.0370. The third-order valence-electron chi connectivity index (χ3n) is 4.22. The fraction of sp³-hybridized carbons (Fsp3) is 0.667. The minimum Gasteiger partial charge on any atom is -0.477 e. The summed E-state index contributed by atoms with van der Waals surface area (Å²) in [6, 6.07) is 3.23. The van der Waals surface area contributed by atoms with Gasteiger partial charge >= 0.3 is 0 Å². The zero-order valence-corrected chi connectivity index (χ0v) is 14.1. The van der Waals surface area contributed by atoms with Crippen molar-refractivity contribution in [3.05, 3.63) is 23.9 Å². The Labute approximate surface area is 138 Å². The van der Waals surface area contributed by atoms with Crippen LogP contribution in [0, 0.1) is 11.8 Å². The summed E-state index contributed by atoms with van der Waals surface area (Å²) in [6.07, 6.45) is 7.36. The standard InChI is InChI=1S/C18H28N2O3/c1-13(2)12-23-18-16(8-5-9-19-18)17(22)20-15(11-21)10-14-6-3-4-7-14/h5,8-9,13-15,21H,3-4,6-7,10-12H2,1-2H3,(H,20,22). The molecule has 2 rings (SSSR count). The average molecular weight is 320 g/mol. The Morgan fingerprint density at radius 3 is 2.83 bits per heavy atom. The van der Waals surface area contributed by atoms with E-state index < -0.39 is 0 Å². The molecule has 0 aromatic carbocycles. The number of aromatic nitrogens is 1. The van der Waals surface area contributed by atoms with Gasteiger partial charge in [-0.1, -0.05) is 39.5 Å². The highest BCUT2D eigenvalue weighted by atomic mass is 16.5. The van der Waals surface area contributed by atoms with E-state index in [1.807, 2.05) is 13.8 Å². The zero-order chi connectivity index (χ0) is 16.7. The van der Waals surface area contributed by atoms with E-state index in [4.69, 9.17) is 4.74 Å². The van der Waals surface area contributed by atoms with E-state index in [0.29, 0.717) is 29.9 Å². The number of carbonyl (C=O) groups is 1. The fourth-order valence-electron chi connectivity index (χ4n) is 3.01. The van der Waals surface area contributed by atoms with Crippen molar-refractivity contribution >= 4 is 5.91 Å². The molecule has 1 amide bonds. The van der Waals surface area contributed by atoms with Gasteiger partial charge in [0, 0.05) is 6.20 Å². The van der Waals surface area contributed by atoms with E-state index in [1.165, 1.54) is 25.7 Å². The maximum absolute atomic E-state index is 12.5. The molecule has 0 bridgehead atoms. The molecule has 128 valence electrons. The number of nitrogens with one attached hydrogen (secondary N) is 1. The summed E-state index contributed by atoms with van der Waals surface area (Å²) in [4.78, 5) is 16.7. The average Bonchev–Trinajstić information content (AvgIpc) is 3.05. The van der Waals surface area contributed by atoms with Crippen molar-refractivity contribution in [1.82, 2.24) is 10.3 Å². The van der Waals surface area contributed by atoms with E-state index in [1.54, 1.807) is 18.3 Å². The van der Waals surface area contributed by atoms with Crippen molar-refractivity contribution in [2.75, 3.05) is 13.2 Å². The lowest BCUT2D eigenvalue weighted by Crippen LogP contribution is -2.39. The Morgan fingerprint density at radius 2 is 2.17 bits per heavy atom. The van der Waals surface area contributed by atoms with Crippen molar-refractivity contribution in [3.63, 3.8) is 0 Å². The minimum atomic E-state index is -0.228. The second-order valence-electron chi connectivity index (χ2n) is 6.80. The van der Waals surface area contributed by atoms with Crippen LogP contribution >= 0.6 is 0 Å². The van der Waals surface area contributed by atoms with Crippen molar-refractivity contribution in [2.45, 2.75) is 52.0 Å². The lowest BCUT2D eigenvalue weighted by Gasteiger charge is -2.20. The van der Waals surface area contributed by atoms with Gasteiger partial charge in [-0.2, -0.15) is 0 Å². The molecule has 0 saturated heterocycles. The molecule has 23 heavy (non-hydrogen) atoms. The fourth-order valence-corrected chi connectivity index (χ4v) is 3.01. The Balaban J connectivity index is 1.98. The molecule has 1 aromatic rings. The highest BCUT2D eigenvalue weighted by Crippen LogP contribution is 2.28. The largest absolute Gasteiger partial charge is 0.477 e. The van der Waals surface area contributed by atoms with Gasteiger partial charge in [0.1, 0.15) is 5.56 Å². The quantitative estimate of drug-likeness (QED) is 0.772. The van der Waals surface area contributed by atoms with E-state index in [-0.39, 0.29) is 18.6 Å². The van der Waals surface area contributed by atoms with Crippen molar-refractivity contribution in [2.24, 2.45) is 11.8 Å². The molecular formula is C18H28N2O3. The molecule has 1 fully saturated rings. The number of hydrogen-bond acceptors (Lipinski definition) is 4. The molecule has 1 aliphatic rings. The van der Waals surface area contributed by atoms with Gasteiger partial charge in [-0.3, -0.25) is 4.79 Å². The van der Waals surface area contributed by atoms with Crippen LogP contribution in [0.25, 0.3) is 0 Å². The summed E-state index contributed by atoms with van der Waals surface area (Å²) >= 11 is 0. The Morgan fingerprint density at radius 1 is 1.43 bits per heavy atom. The molecule has 0 aliphatic heterocycles. The number of rotatable bonds is 8. The van der Waals surface area contributed by atoms with Gasteiger partial charge in [-0.05, 0) is 30.4 Å². The van der Waals surface area contributed by atoms with Crippen LogP contribution in [-0.4, -0.2) is 35.3 Å². The summed E-state index contributed by atoms with van der Waals surface area (Å²) in [5, 5.41) is 12.5. The predicted octanol–water partition coefficient (Wildman–Crippen LogP) is 2.79. The summed E-state index contributed by atoms with van der Waals surface area (Å²) < 4.78 is 5.63. The predicted molar refractivity (Wildman–Crippen MR) is 89.5 cm³/mol. The van der Waals surface area contributed by atoms with Gasteiger partial charge in [0.2, 0.25) is 5.88 Å². The maximum atomic E-state index is 12.5. The molecular weight excluding hydrogens is 292 g/mol. The summed E-state index contributed by atoms with van der Waals surface area (Å²) in [5.74, 6) is 1.10. The number of carbonyl (C=O) groups excluding carboxylic acids is 1. The van der Waals surface area contributed by atoms with E-state index >= 15 is 0 Å². The van der Waals surface area contributed by atoms with Crippen LogP contribution in [0.1, 0.15) is 56.3 Å². The topological polar surface area (TPSA) is 71.5 Å². The molecule has 1 saturated carbocycles. The molecule has 1 atom stereocenters. The van der Waals surface area contributed by atoms with Crippen molar-refractivity contribution in [3.8, 4) is 5.88 Å². The summed E-state index contributed by atoms with van der Waals surface area (Å²) in [5.41, 5.74) is 0.429. The van der Waals surface area contributed by atoms with Gasteiger partial charge in [0.25, 0.3) is 5.91 Å². The smallest absolute Gasteiger partial charge is 0.257 e. The molecule has 1 aliphatic carbocycles. The van der Waals surface area contributed by atoms with Crippen LogP contribution in [-0.2, 0) is 0 Å². The van der Waals surface area contributed by atoms with Crippen LogP contribution < -0.4 is 10.1 Å². The molecule has 1 aromatic heterocycles. The second-order valence-corrected chi connectivity index (χ2v) is 6.80. The number of hydrogen-bond donors (Lipinski definition) is 2. The van der Waals surface area contributed by atoms with Crippen molar-refractivity contribution in [1.29, 1.82) is 0 Å². The van der Waals surface area contributed by atoms with Gasteiger partial charge in [0.05, 0.1) is 19.3 Å². The van der Waals surface area contributed by atoms with Crippen LogP contribution in [0.2, 0.25) is 0 Å². The van der Waals surface area contributed by atoms with E-state index in [9.17, 15) is 9.90 Å². The highest BCUT2D eigenvalue weighted by Gasteiger charge is 2.23. The first-order valence-electron chi connectivity index (χ1n) is 8.59. The van der Waals surface area contributed by atoms with Crippen LogP contribution in [0.4, 0.5) is 0 Å². The number of nitrogens with zero attached hydrogens (tertiary/aromatic N) is 1. The van der Waals surface area contributed by atoms with Gasteiger partial charge in [0.15, 0.2) is 0 Å². The van der Waals surface area contributed by atoms with Crippen molar-refractivity contribution < 1.29 is 14.6 Å². The molecule has 1 heterocycles. The third kappa shape index (κ3) is 5.50. The van der Waals surface area contributed by atoms with Gasteiger partial charge in [-0.15, -0.1) is 0 Å². The number of ether oxygens (including phenoxy) is 1. The van der Waals surface area contributed by atoms with Crippen LogP contribution in [0.3, 0.4) is 0 Å². The SMILES string of the molecule is CC(C)COc1ncccc1C(=O)NC(CO)CC1CCCC1.